The van der Waals surface area contributed by atoms with Crippen molar-refractivity contribution in [2.24, 2.45) is 0 Å². The van der Waals surface area contributed by atoms with E-state index in [1.54, 1.807) is 12.1 Å². The lowest BCUT2D eigenvalue weighted by Crippen LogP contribution is -1.74. The van der Waals surface area contributed by atoms with Gasteiger partial charge < -0.3 is 0 Å². The number of hydrogen-bond acceptors (Lipinski definition) is 1. The molecule has 1 aromatic rings. The van der Waals surface area contributed by atoms with Crippen LogP contribution in [-0.4, -0.2) is 5.75 Å². The first-order valence-electron chi connectivity index (χ1n) is 3.86. The zero-order valence-corrected chi connectivity index (χ0v) is 7.60. The predicted octanol–water partition coefficient (Wildman–Crippen LogP) is 3.16. The van der Waals surface area contributed by atoms with Gasteiger partial charge in [-0.05, 0) is 29.9 Å². The minimum atomic E-state index is -0.193. The summed E-state index contributed by atoms with van der Waals surface area (Å²) in [6, 6.07) is 6.43. The second-order valence-electron chi connectivity index (χ2n) is 2.47. The van der Waals surface area contributed by atoms with Crippen LogP contribution in [0.4, 0.5) is 4.39 Å². The third kappa shape index (κ3) is 3.09. The Kier molecular flexibility index (Phi) is 3.88. The van der Waals surface area contributed by atoms with Gasteiger partial charge in [-0.1, -0.05) is 24.3 Å². The summed E-state index contributed by atoms with van der Waals surface area (Å²) in [5.41, 5.74) is 1.03. The van der Waals surface area contributed by atoms with Gasteiger partial charge in [-0.3, -0.25) is 0 Å². The smallest absolute Gasteiger partial charge is 0.123 e. The first kappa shape index (κ1) is 9.33. The molecule has 0 fully saturated rings. The fourth-order valence-electron chi connectivity index (χ4n) is 0.868. The van der Waals surface area contributed by atoms with Crippen molar-refractivity contribution in [3.05, 3.63) is 41.7 Å². The molecule has 0 saturated heterocycles. The monoisotopic (exact) mass is 182 g/mol. The van der Waals surface area contributed by atoms with E-state index in [-0.39, 0.29) is 5.82 Å². The van der Waals surface area contributed by atoms with E-state index in [0.29, 0.717) is 0 Å². The Bertz CT molecular complexity index is 251. The van der Waals surface area contributed by atoms with E-state index in [9.17, 15) is 4.39 Å². The van der Waals surface area contributed by atoms with Gasteiger partial charge in [0.2, 0.25) is 0 Å². The average Bonchev–Trinajstić information content (AvgIpc) is 2.09. The molecule has 0 unspecified atom stereocenters. The summed E-state index contributed by atoms with van der Waals surface area (Å²) in [5.74, 6) is 0.652. The minimum absolute atomic E-state index is 0.193. The summed E-state index contributed by atoms with van der Waals surface area (Å²) >= 11 is 4.07. The molecule has 0 amide bonds. The molecule has 0 aromatic heterocycles. The number of benzene rings is 1. The Labute approximate surface area is 77.5 Å². The van der Waals surface area contributed by atoms with Gasteiger partial charge in [-0.25, -0.2) is 4.39 Å². The first-order valence-corrected chi connectivity index (χ1v) is 4.49. The molecular formula is C10H11FS. The van der Waals surface area contributed by atoms with E-state index < -0.39 is 0 Å². The van der Waals surface area contributed by atoms with Gasteiger partial charge in [0, 0.05) is 0 Å². The van der Waals surface area contributed by atoms with Crippen LogP contribution in [0.1, 0.15) is 12.0 Å². The van der Waals surface area contributed by atoms with Crippen molar-refractivity contribution in [2.75, 3.05) is 5.75 Å². The van der Waals surface area contributed by atoms with E-state index in [1.807, 2.05) is 12.2 Å². The summed E-state index contributed by atoms with van der Waals surface area (Å²) < 4.78 is 12.4. The molecule has 2 heteroatoms. The quantitative estimate of drug-likeness (QED) is 0.682. The highest BCUT2D eigenvalue weighted by Gasteiger charge is 1.87. The average molecular weight is 182 g/mol. The summed E-state index contributed by atoms with van der Waals surface area (Å²) in [5, 5.41) is 0. The van der Waals surface area contributed by atoms with Crippen molar-refractivity contribution >= 4 is 18.7 Å². The maximum absolute atomic E-state index is 12.4. The Morgan fingerprint density at radius 3 is 2.50 bits per heavy atom. The lowest BCUT2D eigenvalue weighted by Gasteiger charge is -1.91. The topological polar surface area (TPSA) is 0 Å². The molecule has 0 radical (unpaired) electrons. The highest BCUT2D eigenvalue weighted by molar-refractivity contribution is 7.80. The molecule has 0 N–H and O–H groups in total. The van der Waals surface area contributed by atoms with Crippen molar-refractivity contribution < 1.29 is 4.39 Å². The van der Waals surface area contributed by atoms with Crippen LogP contribution in [-0.2, 0) is 0 Å². The van der Waals surface area contributed by atoms with Crippen LogP contribution in [0.5, 0.6) is 0 Å². The second kappa shape index (κ2) is 4.99. The number of allylic oxidation sites excluding steroid dienone is 1. The third-order valence-electron chi connectivity index (χ3n) is 1.48. The molecule has 1 aromatic carbocycles. The Morgan fingerprint density at radius 2 is 1.92 bits per heavy atom. The molecule has 0 bridgehead atoms. The Balaban J connectivity index is 2.58. The van der Waals surface area contributed by atoms with Crippen molar-refractivity contribution in [1.82, 2.24) is 0 Å². The maximum Gasteiger partial charge on any atom is 0.123 e. The zero-order valence-electron chi connectivity index (χ0n) is 6.70. The number of rotatable bonds is 3. The molecular weight excluding hydrogens is 171 g/mol. The van der Waals surface area contributed by atoms with Crippen LogP contribution in [0, 0.1) is 5.82 Å². The van der Waals surface area contributed by atoms with E-state index in [1.165, 1.54) is 12.1 Å². The zero-order chi connectivity index (χ0) is 8.81. The Hall–Kier alpha value is -0.760. The van der Waals surface area contributed by atoms with E-state index in [2.05, 4.69) is 12.6 Å². The van der Waals surface area contributed by atoms with Crippen molar-refractivity contribution in [3.8, 4) is 0 Å². The summed E-state index contributed by atoms with van der Waals surface area (Å²) in [4.78, 5) is 0. The van der Waals surface area contributed by atoms with Crippen LogP contribution >= 0.6 is 12.6 Å². The maximum atomic E-state index is 12.4. The number of hydrogen-bond donors (Lipinski definition) is 1. The van der Waals surface area contributed by atoms with Gasteiger partial charge in [0.25, 0.3) is 0 Å². The molecule has 0 atom stereocenters. The van der Waals surface area contributed by atoms with Gasteiger partial charge in [-0.15, -0.1) is 0 Å². The molecule has 1 rings (SSSR count). The largest absolute Gasteiger partial charge is 0.207 e. The molecule has 12 heavy (non-hydrogen) atoms. The Morgan fingerprint density at radius 1 is 1.25 bits per heavy atom. The van der Waals surface area contributed by atoms with E-state index in [4.69, 9.17) is 0 Å². The van der Waals surface area contributed by atoms with Crippen LogP contribution in [0.25, 0.3) is 6.08 Å². The second-order valence-corrected chi connectivity index (χ2v) is 2.91. The van der Waals surface area contributed by atoms with Crippen molar-refractivity contribution in [3.63, 3.8) is 0 Å². The normalized spacial score (nSPS) is 10.8. The lowest BCUT2D eigenvalue weighted by atomic mass is 10.2. The standard InChI is InChI=1S/C10H11FS/c11-10-6-4-9(5-7-10)3-1-2-8-12/h1,3-7,12H,2,8H2. The molecule has 0 aliphatic rings. The highest BCUT2D eigenvalue weighted by atomic mass is 32.1. The van der Waals surface area contributed by atoms with Gasteiger partial charge in [0.05, 0.1) is 0 Å². The van der Waals surface area contributed by atoms with E-state index >= 15 is 0 Å². The van der Waals surface area contributed by atoms with Crippen LogP contribution in [0.15, 0.2) is 30.3 Å². The third-order valence-corrected chi connectivity index (χ3v) is 1.73. The molecule has 64 valence electrons. The number of halogens is 1. The van der Waals surface area contributed by atoms with Crippen LogP contribution < -0.4 is 0 Å². The lowest BCUT2D eigenvalue weighted by molar-refractivity contribution is 0.628. The van der Waals surface area contributed by atoms with Gasteiger partial charge in [0.1, 0.15) is 5.82 Å². The minimum Gasteiger partial charge on any atom is -0.207 e. The summed E-state index contributed by atoms with van der Waals surface area (Å²) in [6.07, 6.45) is 4.94. The molecule has 0 saturated carbocycles. The van der Waals surface area contributed by atoms with Crippen molar-refractivity contribution in [1.29, 1.82) is 0 Å². The fraction of sp³-hybridized carbons (Fsp3) is 0.200. The molecule has 0 spiro atoms. The molecule has 0 aliphatic heterocycles. The summed E-state index contributed by atoms with van der Waals surface area (Å²) in [6.45, 7) is 0. The number of thiol groups is 1. The van der Waals surface area contributed by atoms with Crippen LogP contribution in [0.3, 0.4) is 0 Å². The van der Waals surface area contributed by atoms with Gasteiger partial charge >= 0.3 is 0 Å². The predicted molar refractivity (Wildman–Crippen MR) is 53.9 cm³/mol. The van der Waals surface area contributed by atoms with Gasteiger partial charge in [-0.2, -0.15) is 12.6 Å². The summed E-state index contributed by atoms with van der Waals surface area (Å²) in [7, 11) is 0. The van der Waals surface area contributed by atoms with Gasteiger partial charge in [0.15, 0.2) is 0 Å². The van der Waals surface area contributed by atoms with E-state index in [0.717, 1.165) is 17.7 Å². The van der Waals surface area contributed by atoms with Crippen LogP contribution in [0.2, 0.25) is 0 Å². The fourth-order valence-corrected chi connectivity index (χ4v) is 1.02. The first-order chi connectivity index (χ1) is 5.83. The molecule has 0 heterocycles. The SMILES string of the molecule is Fc1ccc(C=CCCS)cc1. The molecule has 0 nitrogen and oxygen atoms in total. The van der Waals surface area contributed by atoms with Crippen molar-refractivity contribution in [2.45, 2.75) is 6.42 Å². The molecule has 0 aliphatic carbocycles. The highest BCUT2D eigenvalue weighted by Crippen LogP contribution is 2.05.